The van der Waals surface area contributed by atoms with E-state index in [2.05, 4.69) is 5.10 Å². The van der Waals surface area contributed by atoms with E-state index < -0.39 is 69.1 Å². The van der Waals surface area contributed by atoms with E-state index in [0.717, 1.165) is 14.8 Å². The van der Waals surface area contributed by atoms with Gasteiger partial charge in [0.05, 0.1) is 28.6 Å². The summed E-state index contributed by atoms with van der Waals surface area (Å²) < 4.78 is 0. The molecule has 6 aliphatic rings. The molecule has 1 saturated carbocycles. The number of allylic oxidation sites excluding steroid dienone is 1. The second kappa shape index (κ2) is 7.96. The number of phenols is 1. The lowest BCUT2D eigenvalue weighted by molar-refractivity contribution is -0.384. The van der Waals surface area contributed by atoms with Crippen LogP contribution < -0.4 is 0 Å². The zero-order valence-corrected chi connectivity index (χ0v) is 22.5. The molecular formula is C29H23N5O8. The van der Waals surface area contributed by atoms with Crippen molar-refractivity contribution in [1.82, 2.24) is 14.8 Å². The number of likely N-dealkylation sites (tertiary alicyclic amines) is 2. The number of nitro benzene ring substituents is 1. The maximum absolute atomic E-state index is 14.1. The van der Waals surface area contributed by atoms with Gasteiger partial charge in [-0.15, -0.1) is 0 Å². The number of phenolic OH excluding ortho intramolecular Hbond substituents is 1. The van der Waals surface area contributed by atoms with Crippen LogP contribution in [0, 0.1) is 33.8 Å². The maximum atomic E-state index is 14.1. The minimum absolute atomic E-state index is 0.121. The number of imide groups is 2. The van der Waals surface area contributed by atoms with E-state index in [4.69, 9.17) is 0 Å². The smallest absolute Gasteiger partial charge is 0.269 e. The Balaban J connectivity index is 1.64. The van der Waals surface area contributed by atoms with Crippen molar-refractivity contribution in [2.24, 2.45) is 28.8 Å². The van der Waals surface area contributed by atoms with Crippen LogP contribution in [0.15, 0.2) is 65.3 Å². The Bertz CT molecular complexity index is 1710. The first-order valence-corrected chi connectivity index (χ1v) is 13.2. The molecule has 5 amide bonds. The highest BCUT2D eigenvalue weighted by Crippen LogP contribution is 2.71. The predicted molar refractivity (Wildman–Crippen MR) is 142 cm³/mol. The minimum atomic E-state index is -1.84. The average Bonchev–Trinajstić information content (AvgIpc) is 3.53. The van der Waals surface area contributed by atoms with Crippen molar-refractivity contribution in [3.05, 3.63) is 81.4 Å². The highest BCUT2D eigenvalue weighted by molar-refractivity contribution is 6.23. The Labute approximate surface area is 237 Å². The molecule has 3 heterocycles. The van der Waals surface area contributed by atoms with Crippen LogP contribution in [0.3, 0.4) is 0 Å². The van der Waals surface area contributed by atoms with Crippen LogP contribution in [0.2, 0.25) is 0 Å². The van der Waals surface area contributed by atoms with Crippen LogP contribution in [0.25, 0.3) is 0 Å². The molecule has 212 valence electrons. The van der Waals surface area contributed by atoms with Crippen LogP contribution in [0.4, 0.5) is 5.69 Å². The maximum Gasteiger partial charge on any atom is 0.269 e. The van der Waals surface area contributed by atoms with Crippen molar-refractivity contribution in [2.75, 3.05) is 14.1 Å². The lowest BCUT2D eigenvalue weighted by Crippen LogP contribution is -2.74. The highest BCUT2D eigenvalue weighted by atomic mass is 16.6. The summed E-state index contributed by atoms with van der Waals surface area (Å²) in [5.74, 6) is -8.39. The Kier molecular flexibility index (Phi) is 4.88. The van der Waals surface area contributed by atoms with Gasteiger partial charge in [-0.05, 0) is 17.7 Å². The van der Waals surface area contributed by atoms with Crippen LogP contribution in [-0.4, -0.2) is 79.7 Å². The number of hydrogen-bond acceptors (Lipinski definition) is 9. The van der Waals surface area contributed by atoms with Crippen molar-refractivity contribution in [2.45, 2.75) is 17.9 Å². The van der Waals surface area contributed by atoms with E-state index in [1.807, 2.05) is 0 Å². The highest BCUT2D eigenvalue weighted by Gasteiger charge is 2.84. The molecule has 2 aromatic rings. The number of benzene rings is 2. The summed E-state index contributed by atoms with van der Waals surface area (Å²) in [5, 5.41) is 28.0. The molecule has 3 fully saturated rings. The Morgan fingerprint density at radius 1 is 0.881 bits per heavy atom. The molecule has 2 bridgehead atoms. The van der Waals surface area contributed by atoms with Crippen molar-refractivity contribution in [3.63, 3.8) is 0 Å². The number of carbonyl (C=O) groups excluding carboxylic acids is 5. The second-order valence-electron chi connectivity index (χ2n) is 11.3. The van der Waals surface area contributed by atoms with Gasteiger partial charge in [-0.1, -0.05) is 30.3 Å². The third kappa shape index (κ3) is 2.64. The topological polar surface area (TPSA) is 171 Å². The molecule has 42 heavy (non-hydrogen) atoms. The standard InChI is InChI=1S/C29H23N5O8/c1-13(35)33-29-17(23(30-33)16-6-4-5-7-18(16)36)12-28(14-8-10-15(11-9-14)34(41)42,19-21(29)26(39)31(2)24(19)37)20-22(29)27(40)32(3)25(20)38/h4-12,19-22,36H,1-3H3/t19-,20+,21+,22-,28?,29?. The summed E-state index contributed by atoms with van der Waals surface area (Å²) in [5.41, 5.74) is -2.76. The molecule has 0 aromatic heterocycles. The SMILES string of the molecule is CC(=O)N1N=C(c2ccccc2O)C2=CC3(c4ccc([N+](=O)[O-])cc4)[C@@H]4C(=O)N(C)C(=O)[C@@H]4C21[C@@H]1C(=O)N(C)C(=O)[C@@H]13. The first-order valence-electron chi connectivity index (χ1n) is 13.2. The third-order valence-corrected chi connectivity index (χ3v) is 9.69. The Hall–Kier alpha value is -5.20. The van der Waals surface area contributed by atoms with Gasteiger partial charge in [0.25, 0.3) is 5.69 Å². The lowest BCUT2D eigenvalue weighted by Gasteiger charge is -2.61. The number of nitro groups is 1. The number of carbonyl (C=O) groups is 5. The van der Waals surface area contributed by atoms with Gasteiger partial charge in [0.2, 0.25) is 29.5 Å². The van der Waals surface area contributed by atoms with Crippen LogP contribution >= 0.6 is 0 Å². The summed E-state index contributed by atoms with van der Waals surface area (Å²) in [7, 11) is 2.62. The molecule has 13 nitrogen and oxygen atoms in total. The molecule has 2 unspecified atom stereocenters. The quantitative estimate of drug-likeness (QED) is 0.324. The fraction of sp³-hybridized carbons (Fsp3) is 0.310. The van der Waals surface area contributed by atoms with Gasteiger partial charge >= 0.3 is 0 Å². The van der Waals surface area contributed by atoms with Gasteiger partial charge < -0.3 is 5.11 Å². The molecule has 3 aliphatic carbocycles. The molecule has 8 rings (SSSR count). The normalized spacial score (nSPS) is 32.6. The van der Waals surface area contributed by atoms with Crippen LogP contribution in [0.1, 0.15) is 18.1 Å². The summed E-state index contributed by atoms with van der Waals surface area (Å²) in [4.78, 5) is 82.3. The zero-order chi connectivity index (χ0) is 30.0. The van der Waals surface area contributed by atoms with Crippen molar-refractivity contribution in [1.29, 1.82) is 0 Å². The minimum Gasteiger partial charge on any atom is -0.507 e. The lowest BCUT2D eigenvalue weighted by atomic mass is 9.40. The van der Waals surface area contributed by atoms with Crippen LogP contribution in [-0.2, 0) is 29.4 Å². The van der Waals surface area contributed by atoms with Gasteiger partial charge in [0, 0.05) is 49.7 Å². The van der Waals surface area contributed by atoms with Gasteiger partial charge in [0.1, 0.15) is 17.0 Å². The van der Waals surface area contributed by atoms with Crippen molar-refractivity contribution >= 4 is 40.9 Å². The number of amides is 5. The molecule has 13 heteroatoms. The molecule has 2 aromatic carbocycles. The number of aromatic hydroxyl groups is 1. The molecule has 6 atom stereocenters. The Morgan fingerprint density at radius 3 is 1.90 bits per heavy atom. The Morgan fingerprint density at radius 2 is 1.40 bits per heavy atom. The van der Waals surface area contributed by atoms with E-state index in [1.54, 1.807) is 24.3 Å². The second-order valence-corrected chi connectivity index (χ2v) is 11.3. The fourth-order valence-corrected chi connectivity index (χ4v) is 8.11. The van der Waals surface area contributed by atoms with Crippen molar-refractivity contribution < 1.29 is 34.0 Å². The molecular weight excluding hydrogens is 546 g/mol. The molecule has 1 N–H and O–H groups in total. The van der Waals surface area contributed by atoms with Gasteiger partial charge in [-0.25, -0.2) is 5.01 Å². The first kappa shape index (κ1) is 25.7. The molecule has 3 aliphatic heterocycles. The van der Waals surface area contributed by atoms with Gasteiger partial charge in [-0.3, -0.25) is 43.9 Å². The largest absolute Gasteiger partial charge is 0.507 e. The van der Waals surface area contributed by atoms with Gasteiger partial charge in [0.15, 0.2) is 0 Å². The van der Waals surface area contributed by atoms with Gasteiger partial charge in [-0.2, -0.15) is 5.10 Å². The summed E-state index contributed by atoms with van der Waals surface area (Å²) in [6.07, 6.45) is 1.64. The van der Waals surface area contributed by atoms with E-state index in [-0.39, 0.29) is 28.3 Å². The van der Waals surface area contributed by atoms with E-state index in [9.17, 15) is 39.2 Å². The van der Waals surface area contributed by atoms with E-state index in [0.29, 0.717) is 5.56 Å². The van der Waals surface area contributed by atoms with E-state index in [1.165, 1.54) is 51.4 Å². The molecule has 2 saturated heterocycles. The number of para-hydroxylation sites is 1. The number of hydrogen-bond donors (Lipinski definition) is 1. The number of rotatable bonds is 3. The number of hydrazone groups is 1. The third-order valence-electron chi connectivity index (χ3n) is 9.69. The predicted octanol–water partition coefficient (Wildman–Crippen LogP) is 0.959. The fourth-order valence-electron chi connectivity index (χ4n) is 8.11. The summed E-state index contributed by atoms with van der Waals surface area (Å²) >= 11 is 0. The average molecular weight is 570 g/mol. The molecule has 0 radical (unpaired) electrons. The first-order chi connectivity index (χ1) is 19.9. The van der Waals surface area contributed by atoms with Crippen molar-refractivity contribution in [3.8, 4) is 5.75 Å². The molecule has 1 spiro atoms. The summed E-state index contributed by atoms with van der Waals surface area (Å²) in [6.45, 7) is 1.22. The number of non-ortho nitro benzene ring substituents is 1. The summed E-state index contributed by atoms with van der Waals surface area (Å²) in [6, 6.07) is 11.6. The van der Waals surface area contributed by atoms with Crippen LogP contribution in [0.5, 0.6) is 5.75 Å². The van der Waals surface area contributed by atoms with E-state index >= 15 is 0 Å². The zero-order valence-electron chi connectivity index (χ0n) is 22.5. The monoisotopic (exact) mass is 569 g/mol. The number of nitrogens with zero attached hydrogens (tertiary/aromatic N) is 5.